The third-order valence-electron chi connectivity index (χ3n) is 10.8. The first-order chi connectivity index (χ1) is 25.4. The first-order valence-corrected chi connectivity index (χ1v) is 18.7. The van der Waals surface area contributed by atoms with Gasteiger partial charge in [0.1, 0.15) is 0 Å². The predicted molar refractivity (Wildman–Crippen MR) is 229 cm³/mol. The molecule has 1 aromatic heterocycles. The zero-order valence-corrected chi connectivity index (χ0v) is 30.3. The van der Waals surface area contributed by atoms with Crippen LogP contribution < -0.4 is 0 Å². The molecule has 1 aliphatic carbocycles. The molecule has 0 spiro atoms. The third kappa shape index (κ3) is 5.29. The SMILES string of the molecule is C=C/C=C\C(=C)c1ccc(-c2ccccccc(-c3ccc4c(c3)-c3cc5cc6sc7ccccc7c6cc5cc3C4(C)C)c3ccccc23)cc1. The van der Waals surface area contributed by atoms with Gasteiger partial charge in [0.15, 0.2) is 0 Å². The largest absolute Gasteiger partial charge is 0.135 e. The van der Waals surface area contributed by atoms with Crippen LogP contribution in [0.15, 0.2) is 183 Å². The molecule has 0 bridgehead atoms. The standard InChI is InChI=1S/C51H38S/c1-5-6-15-33(2)34-22-24-35(25-23-34)39-16-9-7-8-10-17-40(42-19-12-11-18-41(39)42)36-26-27-47-44(28-36)45-29-38-32-50-46(43-20-13-14-21-49(43)52-50)30-37(38)31-48(45)51(47,3)4/h5-32H,1-2H2,3-4H3/b8-7?,9-7?,10-8?,15-6-,16-9?,17-10?,39-16?,40-17?,41-39?,42-40?. The van der Waals surface area contributed by atoms with Crippen molar-refractivity contribution in [3.8, 4) is 33.4 Å². The van der Waals surface area contributed by atoms with Gasteiger partial charge in [-0.25, -0.2) is 0 Å². The molecule has 1 aliphatic rings. The van der Waals surface area contributed by atoms with Crippen molar-refractivity contribution in [2.45, 2.75) is 19.3 Å². The highest BCUT2D eigenvalue weighted by Gasteiger charge is 2.36. The van der Waals surface area contributed by atoms with Gasteiger partial charge in [-0.3, -0.25) is 0 Å². The normalized spacial score (nSPS) is 13.0. The average Bonchev–Trinajstić information content (AvgIpc) is 3.64. The molecule has 7 aromatic carbocycles. The summed E-state index contributed by atoms with van der Waals surface area (Å²) in [6.45, 7) is 12.8. The maximum absolute atomic E-state index is 4.24. The van der Waals surface area contributed by atoms with E-state index in [1.165, 1.54) is 80.7 Å². The molecule has 0 N–H and O–H groups in total. The lowest BCUT2D eigenvalue weighted by Crippen LogP contribution is -2.14. The molecule has 0 nitrogen and oxygen atoms in total. The molecule has 0 fully saturated rings. The van der Waals surface area contributed by atoms with Crippen LogP contribution in [0.5, 0.6) is 0 Å². The lowest BCUT2D eigenvalue weighted by Gasteiger charge is -2.22. The summed E-state index contributed by atoms with van der Waals surface area (Å²) < 4.78 is 2.69. The van der Waals surface area contributed by atoms with Crippen molar-refractivity contribution in [2.75, 3.05) is 0 Å². The summed E-state index contributed by atoms with van der Waals surface area (Å²) in [5.74, 6) is 0. The molecule has 0 radical (unpaired) electrons. The Labute approximate surface area is 309 Å². The first-order valence-electron chi connectivity index (χ1n) is 17.9. The average molecular weight is 683 g/mol. The van der Waals surface area contributed by atoms with Crippen molar-refractivity contribution in [3.63, 3.8) is 0 Å². The van der Waals surface area contributed by atoms with Crippen molar-refractivity contribution in [3.05, 3.63) is 200 Å². The Morgan fingerprint density at radius 3 is 1.87 bits per heavy atom. The molecule has 1 heteroatoms. The van der Waals surface area contributed by atoms with E-state index in [2.05, 4.69) is 179 Å². The van der Waals surface area contributed by atoms with Crippen LogP contribution in [-0.2, 0) is 5.41 Å². The minimum atomic E-state index is -0.106. The Morgan fingerprint density at radius 1 is 0.519 bits per heavy atom. The summed E-state index contributed by atoms with van der Waals surface area (Å²) in [7, 11) is 0. The molecule has 0 aliphatic heterocycles. The van der Waals surface area contributed by atoms with Gasteiger partial charge in [0, 0.05) is 25.6 Å². The van der Waals surface area contributed by atoms with Gasteiger partial charge in [-0.1, -0.05) is 160 Å². The summed E-state index contributed by atoms with van der Waals surface area (Å²) >= 11 is 1.89. The van der Waals surface area contributed by atoms with E-state index in [1.54, 1.807) is 6.08 Å². The molecule has 0 saturated carbocycles. The fourth-order valence-electron chi connectivity index (χ4n) is 8.10. The van der Waals surface area contributed by atoms with E-state index in [0.29, 0.717) is 0 Å². The van der Waals surface area contributed by atoms with E-state index >= 15 is 0 Å². The fraction of sp³-hybridized carbons (Fsp3) is 0.0588. The Hall–Kier alpha value is -6.02. The Bertz CT molecular complexity index is 2840. The van der Waals surface area contributed by atoms with Gasteiger partial charge in [0.2, 0.25) is 0 Å². The summed E-state index contributed by atoms with van der Waals surface area (Å²) in [6.07, 6.45) is 5.70. The zero-order chi connectivity index (χ0) is 35.4. The second-order valence-electron chi connectivity index (χ2n) is 14.3. The predicted octanol–water partition coefficient (Wildman–Crippen LogP) is 14.9. The van der Waals surface area contributed by atoms with Gasteiger partial charge in [-0.2, -0.15) is 0 Å². The number of thiophene rings is 1. The van der Waals surface area contributed by atoms with Gasteiger partial charge < -0.3 is 0 Å². The van der Waals surface area contributed by atoms with Gasteiger partial charge in [-0.05, 0) is 114 Å². The minimum absolute atomic E-state index is 0.106. The van der Waals surface area contributed by atoms with Gasteiger partial charge in [-0.15, -0.1) is 11.3 Å². The van der Waals surface area contributed by atoms with Crippen LogP contribution in [0.4, 0.5) is 0 Å². The van der Waals surface area contributed by atoms with E-state index in [1.807, 2.05) is 23.5 Å². The highest BCUT2D eigenvalue weighted by atomic mass is 32.1. The summed E-state index contributed by atoms with van der Waals surface area (Å²) in [5, 5.41) is 7.71. The summed E-state index contributed by atoms with van der Waals surface area (Å²) in [6, 6.07) is 56.2. The highest BCUT2D eigenvalue weighted by molar-refractivity contribution is 7.25. The number of allylic oxidation sites excluding steroid dienone is 4. The number of hydrogen-bond acceptors (Lipinski definition) is 1. The van der Waals surface area contributed by atoms with Crippen molar-refractivity contribution in [2.24, 2.45) is 0 Å². The number of fused-ring (bicyclic) bond motifs is 8. The van der Waals surface area contributed by atoms with Gasteiger partial charge in [0.05, 0.1) is 0 Å². The van der Waals surface area contributed by atoms with E-state index in [-0.39, 0.29) is 5.41 Å². The smallest absolute Gasteiger partial charge is 0.0361 e. The van der Waals surface area contributed by atoms with Crippen LogP contribution in [0, 0.1) is 0 Å². The van der Waals surface area contributed by atoms with Gasteiger partial charge >= 0.3 is 0 Å². The fourth-order valence-corrected chi connectivity index (χ4v) is 9.23. The molecule has 1 heterocycles. The Morgan fingerprint density at radius 2 is 1.13 bits per heavy atom. The summed E-state index contributed by atoms with van der Waals surface area (Å²) in [5.41, 5.74) is 12.2. The lowest BCUT2D eigenvalue weighted by molar-refractivity contribution is 0.661. The second kappa shape index (κ2) is 12.6. The minimum Gasteiger partial charge on any atom is -0.135 e. The maximum atomic E-state index is 4.24. The molecular formula is C51H38S. The van der Waals surface area contributed by atoms with E-state index in [0.717, 1.165) is 16.7 Å². The Balaban J connectivity index is 1.22. The van der Waals surface area contributed by atoms with Crippen LogP contribution in [0.2, 0.25) is 0 Å². The first kappa shape index (κ1) is 31.9. The molecule has 248 valence electrons. The third-order valence-corrected chi connectivity index (χ3v) is 11.9. The van der Waals surface area contributed by atoms with Crippen LogP contribution in [0.25, 0.3) is 80.7 Å². The quantitative estimate of drug-likeness (QED) is 0.159. The van der Waals surface area contributed by atoms with Crippen LogP contribution in [0.3, 0.4) is 0 Å². The summed E-state index contributed by atoms with van der Waals surface area (Å²) in [4.78, 5) is 0. The highest BCUT2D eigenvalue weighted by Crippen LogP contribution is 2.51. The number of rotatable bonds is 5. The molecular weight excluding hydrogens is 645 g/mol. The molecule has 0 unspecified atom stereocenters. The van der Waals surface area contributed by atoms with Gasteiger partial charge in [0.25, 0.3) is 0 Å². The maximum Gasteiger partial charge on any atom is 0.0361 e. The molecule has 0 saturated heterocycles. The topological polar surface area (TPSA) is 0 Å². The molecule has 9 rings (SSSR count). The van der Waals surface area contributed by atoms with Crippen molar-refractivity contribution in [1.29, 1.82) is 0 Å². The molecule has 0 amide bonds. The molecule has 0 atom stereocenters. The Kier molecular flexibility index (Phi) is 7.76. The lowest BCUT2D eigenvalue weighted by atomic mass is 9.81. The second-order valence-corrected chi connectivity index (χ2v) is 15.3. The number of benzene rings is 6. The monoisotopic (exact) mass is 682 g/mol. The molecule has 8 aromatic rings. The van der Waals surface area contributed by atoms with Crippen molar-refractivity contribution < 1.29 is 0 Å². The van der Waals surface area contributed by atoms with Crippen LogP contribution in [-0.4, -0.2) is 0 Å². The van der Waals surface area contributed by atoms with E-state index in [4.69, 9.17) is 0 Å². The van der Waals surface area contributed by atoms with Crippen LogP contribution in [0.1, 0.15) is 30.5 Å². The van der Waals surface area contributed by atoms with Crippen molar-refractivity contribution >= 4 is 58.6 Å². The van der Waals surface area contributed by atoms with E-state index < -0.39 is 0 Å². The molecule has 52 heavy (non-hydrogen) atoms. The zero-order valence-electron chi connectivity index (χ0n) is 29.5. The van der Waals surface area contributed by atoms with E-state index in [9.17, 15) is 0 Å². The number of hydrogen-bond donors (Lipinski definition) is 0. The van der Waals surface area contributed by atoms with Crippen LogP contribution >= 0.6 is 11.3 Å². The van der Waals surface area contributed by atoms with Crippen molar-refractivity contribution in [1.82, 2.24) is 0 Å².